The molecule has 1 fully saturated rings. The van der Waals surface area contributed by atoms with Crippen LogP contribution in [0.2, 0.25) is 0 Å². The molecule has 2 heteroatoms. The molecule has 0 bridgehead atoms. The summed E-state index contributed by atoms with van der Waals surface area (Å²) >= 11 is 0. The summed E-state index contributed by atoms with van der Waals surface area (Å²) in [6, 6.07) is 6.45. The van der Waals surface area contributed by atoms with Gasteiger partial charge in [-0.25, -0.2) is 0 Å². The van der Waals surface area contributed by atoms with Crippen LogP contribution in [-0.4, -0.2) is 6.79 Å². The van der Waals surface area contributed by atoms with E-state index in [4.69, 9.17) is 9.47 Å². The Morgan fingerprint density at radius 3 is 2.32 bits per heavy atom. The van der Waals surface area contributed by atoms with Gasteiger partial charge >= 0.3 is 0 Å². The monoisotopic (exact) mass is 260 g/mol. The summed E-state index contributed by atoms with van der Waals surface area (Å²) in [7, 11) is 0. The molecule has 1 aromatic carbocycles. The minimum atomic E-state index is 0.377. The van der Waals surface area contributed by atoms with Crippen molar-refractivity contribution in [2.45, 2.75) is 57.8 Å². The third kappa shape index (κ3) is 3.43. The molecule has 0 amide bonds. The summed E-state index contributed by atoms with van der Waals surface area (Å²) in [6.07, 6.45) is 12.6. The fourth-order valence-corrected chi connectivity index (χ4v) is 3.32. The van der Waals surface area contributed by atoms with Crippen LogP contribution >= 0.6 is 0 Å². The molecule has 104 valence electrons. The van der Waals surface area contributed by atoms with E-state index in [0.717, 1.165) is 17.4 Å². The Hall–Kier alpha value is -1.18. The third-order valence-corrected chi connectivity index (χ3v) is 4.44. The molecule has 1 aliphatic heterocycles. The van der Waals surface area contributed by atoms with Crippen molar-refractivity contribution in [2.75, 3.05) is 6.79 Å². The van der Waals surface area contributed by atoms with Gasteiger partial charge in [0.2, 0.25) is 6.79 Å². The van der Waals surface area contributed by atoms with Gasteiger partial charge in [0.1, 0.15) is 0 Å². The summed E-state index contributed by atoms with van der Waals surface area (Å²) in [5, 5.41) is 0. The summed E-state index contributed by atoms with van der Waals surface area (Å²) < 4.78 is 10.8. The lowest BCUT2D eigenvalue weighted by Crippen LogP contribution is -2.04. The first-order valence-electron chi connectivity index (χ1n) is 7.80. The van der Waals surface area contributed by atoms with Crippen molar-refractivity contribution in [3.63, 3.8) is 0 Å². The average Bonchev–Trinajstić information content (AvgIpc) is 2.91. The molecule has 0 aromatic heterocycles. The number of benzene rings is 1. The Labute approximate surface area is 116 Å². The van der Waals surface area contributed by atoms with Gasteiger partial charge in [-0.1, -0.05) is 57.4 Å². The minimum Gasteiger partial charge on any atom is -0.454 e. The van der Waals surface area contributed by atoms with Crippen LogP contribution in [-0.2, 0) is 6.42 Å². The molecule has 2 aliphatic rings. The lowest BCUT2D eigenvalue weighted by molar-refractivity contribution is 0.174. The van der Waals surface area contributed by atoms with Crippen molar-refractivity contribution >= 4 is 0 Å². The standard InChI is InChI=1S/C17H24O2/c1-2-4-6-8-14(7-5-3-1)11-15-9-10-16-17(12-15)19-13-18-16/h9-10,12,14H,1-8,11,13H2. The maximum absolute atomic E-state index is 5.47. The lowest BCUT2D eigenvalue weighted by Gasteiger charge is -2.16. The van der Waals surface area contributed by atoms with Crippen molar-refractivity contribution < 1.29 is 9.47 Å². The van der Waals surface area contributed by atoms with Crippen LogP contribution in [0.1, 0.15) is 56.9 Å². The van der Waals surface area contributed by atoms with Crippen LogP contribution in [0, 0.1) is 5.92 Å². The Morgan fingerprint density at radius 2 is 1.53 bits per heavy atom. The Kier molecular flexibility index (Phi) is 4.27. The highest BCUT2D eigenvalue weighted by Gasteiger charge is 2.16. The molecule has 3 rings (SSSR count). The van der Waals surface area contributed by atoms with Crippen LogP contribution in [0.3, 0.4) is 0 Å². The van der Waals surface area contributed by atoms with Gasteiger partial charge in [-0.2, -0.15) is 0 Å². The molecule has 1 aliphatic carbocycles. The summed E-state index contributed by atoms with van der Waals surface area (Å²) in [6.45, 7) is 0.377. The minimum absolute atomic E-state index is 0.377. The van der Waals surface area contributed by atoms with E-state index in [-0.39, 0.29) is 0 Å². The fourth-order valence-electron chi connectivity index (χ4n) is 3.32. The number of hydrogen-bond acceptors (Lipinski definition) is 2. The molecule has 19 heavy (non-hydrogen) atoms. The van der Waals surface area contributed by atoms with E-state index in [0.29, 0.717) is 6.79 Å². The van der Waals surface area contributed by atoms with Crippen LogP contribution < -0.4 is 9.47 Å². The first-order valence-corrected chi connectivity index (χ1v) is 7.80. The molecule has 2 nitrogen and oxygen atoms in total. The number of ether oxygens (including phenoxy) is 2. The van der Waals surface area contributed by atoms with Crippen molar-refractivity contribution in [3.8, 4) is 11.5 Å². The van der Waals surface area contributed by atoms with Gasteiger partial charge < -0.3 is 9.47 Å². The van der Waals surface area contributed by atoms with E-state index in [1.165, 1.54) is 63.4 Å². The third-order valence-electron chi connectivity index (χ3n) is 4.44. The zero-order valence-corrected chi connectivity index (χ0v) is 11.7. The smallest absolute Gasteiger partial charge is 0.231 e. The predicted octanol–water partition coefficient (Wildman–Crippen LogP) is 4.71. The summed E-state index contributed by atoms with van der Waals surface area (Å²) in [5.41, 5.74) is 1.41. The van der Waals surface area contributed by atoms with Gasteiger partial charge in [0.25, 0.3) is 0 Å². The Bertz CT molecular complexity index is 404. The molecule has 0 spiro atoms. The van der Waals surface area contributed by atoms with Crippen molar-refractivity contribution in [1.29, 1.82) is 0 Å². The molecule has 1 aromatic rings. The van der Waals surface area contributed by atoms with Gasteiger partial charge in [0.05, 0.1) is 0 Å². The molecular weight excluding hydrogens is 236 g/mol. The second-order valence-electron chi connectivity index (χ2n) is 5.96. The van der Waals surface area contributed by atoms with Gasteiger partial charge in [0.15, 0.2) is 11.5 Å². The zero-order valence-electron chi connectivity index (χ0n) is 11.7. The predicted molar refractivity (Wildman–Crippen MR) is 76.7 cm³/mol. The maximum atomic E-state index is 5.47. The Balaban J connectivity index is 1.62. The van der Waals surface area contributed by atoms with Gasteiger partial charge in [-0.3, -0.25) is 0 Å². The highest BCUT2D eigenvalue weighted by Crippen LogP contribution is 2.34. The maximum Gasteiger partial charge on any atom is 0.231 e. The second-order valence-corrected chi connectivity index (χ2v) is 5.96. The van der Waals surface area contributed by atoms with E-state index in [1.807, 2.05) is 0 Å². The molecule has 0 atom stereocenters. The molecule has 0 N–H and O–H groups in total. The van der Waals surface area contributed by atoms with E-state index in [9.17, 15) is 0 Å². The van der Waals surface area contributed by atoms with E-state index in [1.54, 1.807) is 0 Å². The molecule has 0 unspecified atom stereocenters. The quantitative estimate of drug-likeness (QED) is 0.766. The van der Waals surface area contributed by atoms with Crippen LogP contribution in [0.25, 0.3) is 0 Å². The van der Waals surface area contributed by atoms with Gasteiger partial charge in [0, 0.05) is 0 Å². The first-order chi connectivity index (χ1) is 9.42. The first kappa shape index (κ1) is 12.8. The SMILES string of the molecule is c1cc2c(cc1CC1CCCCCCCC1)OCO2. The molecule has 1 heterocycles. The lowest BCUT2D eigenvalue weighted by atomic mass is 9.90. The molecule has 1 saturated carbocycles. The molecular formula is C17H24O2. The molecule has 0 radical (unpaired) electrons. The Morgan fingerprint density at radius 1 is 0.842 bits per heavy atom. The van der Waals surface area contributed by atoms with Crippen LogP contribution in [0.5, 0.6) is 11.5 Å². The van der Waals surface area contributed by atoms with Crippen molar-refractivity contribution in [2.24, 2.45) is 5.92 Å². The van der Waals surface area contributed by atoms with Gasteiger partial charge in [-0.15, -0.1) is 0 Å². The second kappa shape index (κ2) is 6.31. The van der Waals surface area contributed by atoms with E-state index >= 15 is 0 Å². The van der Waals surface area contributed by atoms with E-state index < -0.39 is 0 Å². The average molecular weight is 260 g/mol. The van der Waals surface area contributed by atoms with Crippen molar-refractivity contribution in [3.05, 3.63) is 23.8 Å². The largest absolute Gasteiger partial charge is 0.454 e. The summed E-state index contributed by atoms with van der Waals surface area (Å²) in [4.78, 5) is 0. The van der Waals surface area contributed by atoms with Gasteiger partial charge in [-0.05, 0) is 30.0 Å². The summed E-state index contributed by atoms with van der Waals surface area (Å²) in [5.74, 6) is 2.69. The zero-order chi connectivity index (χ0) is 12.9. The number of rotatable bonds is 2. The normalized spacial score (nSPS) is 20.6. The highest BCUT2D eigenvalue weighted by molar-refractivity contribution is 5.44. The molecule has 0 saturated heterocycles. The number of fused-ring (bicyclic) bond motifs is 1. The number of hydrogen-bond donors (Lipinski definition) is 0. The van der Waals surface area contributed by atoms with Crippen LogP contribution in [0.4, 0.5) is 0 Å². The van der Waals surface area contributed by atoms with Crippen molar-refractivity contribution in [1.82, 2.24) is 0 Å². The fraction of sp³-hybridized carbons (Fsp3) is 0.647. The topological polar surface area (TPSA) is 18.5 Å². The van der Waals surface area contributed by atoms with E-state index in [2.05, 4.69) is 18.2 Å². The highest BCUT2D eigenvalue weighted by atomic mass is 16.7. The van der Waals surface area contributed by atoms with Crippen LogP contribution in [0.15, 0.2) is 18.2 Å².